The minimum atomic E-state index is -0.241. The number of methoxy groups -OCH3 is 2. The molecule has 3 aromatic carbocycles. The molecule has 0 saturated heterocycles. The van der Waals surface area contributed by atoms with Gasteiger partial charge in [-0.1, -0.05) is 59.8 Å². The first-order valence-corrected chi connectivity index (χ1v) is 11.8. The summed E-state index contributed by atoms with van der Waals surface area (Å²) >= 11 is 1.28. The van der Waals surface area contributed by atoms with E-state index in [1.807, 2.05) is 84.3 Å². The summed E-state index contributed by atoms with van der Waals surface area (Å²) in [6.07, 6.45) is 1.62. The Morgan fingerprint density at radius 1 is 1.00 bits per heavy atom. The lowest BCUT2D eigenvalue weighted by atomic mass is 10.2. The van der Waals surface area contributed by atoms with Crippen LogP contribution in [-0.2, 0) is 4.79 Å². The number of aromatic nitrogens is 3. The van der Waals surface area contributed by atoms with Crippen LogP contribution < -0.4 is 14.9 Å². The molecule has 8 nitrogen and oxygen atoms in total. The molecule has 0 fully saturated rings. The van der Waals surface area contributed by atoms with E-state index in [-0.39, 0.29) is 11.7 Å². The number of hydrogen-bond acceptors (Lipinski definition) is 7. The highest BCUT2D eigenvalue weighted by molar-refractivity contribution is 7.99. The molecule has 0 bridgehead atoms. The van der Waals surface area contributed by atoms with Gasteiger partial charge in [-0.25, -0.2) is 5.43 Å². The van der Waals surface area contributed by atoms with Crippen molar-refractivity contribution in [2.24, 2.45) is 5.10 Å². The van der Waals surface area contributed by atoms with Crippen molar-refractivity contribution in [1.29, 1.82) is 0 Å². The fraction of sp³-hybridized carbons (Fsp3) is 0.154. The molecule has 1 aromatic heterocycles. The van der Waals surface area contributed by atoms with E-state index in [0.717, 1.165) is 22.4 Å². The number of carbonyl (C=O) groups is 1. The van der Waals surface area contributed by atoms with Gasteiger partial charge in [0.15, 0.2) is 22.5 Å². The number of amides is 1. The summed E-state index contributed by atoms with van der Waals surface area (Å²) in [5.74, 6) is 1.72. The molecule has 0 aliphatic carbocycles. The number of hydrogen-bond donors (Lipinski definition) is 1. The number of carbonyl (C=O) groups excluding carboxylic acids is 1. The zero-order valence-electron chi connectivity index (χ0n) is 19.6. The highest BCUT2D eigenvalue weighted by Crippen LogP contribution is 2.34. The van der Waals surface area contributed by atoms with Gasteiger partial charge in [0.1, 0.15) is 0 Å². The Balaban J connectivity index is 1.54. The van der Waals surface area contributed by atoms with Gasteiger partial charge >= 0.3 is 0 Å². The van der Waals surface area contributed by atoms with Gasteiger partial charge in [0.05, 0.1) is 26.2 Å². The summed E-state index contributed by atoms with van der Waals surface area (Å²) in [6, 6.07) is 23.2. The number of nitrogens with one attached hydrogen (secondary N) is 1. The molecule has 4 rings (SSSR count). The van der Waals surface area contributed by atoms with Crippen molar-refractivity contribution in [1.82, 2.24) is 20.2 Å². The van der Waals surface area contributed by atoms with E-state index < -0.39 is 0 Å². The quantitative estimate of drug-likeness (QED) is 0.212. The second-order valence-corrected chi connectivity index (χ2v) is 8.49. The molecule has 0 saturated carbocycles. The Labute approximate surface area is 208 Å². The van der Waals surface area contributed by atoms with Crippen molar-refractivity contribution in [3.63, 3.8) is 0 Å². The number of nitrogens with zero attached hydrogens (tertiary/aromatic N) is 4. The minimum absolute atomic E-state index is 0.127. The Morgan fingerprint density at radius 3 is 2.54 bits per heavy atom. The van der Waals surface area contributed by atoms with Crippen LogP contribution in [0.15, 0.2) is 83.1 Å². The molecule has 35 heavy (non-hydrogen) atoms. The van der Waals surface area contributed by atoms with Crippen molar-refractivity contribution >= 4 is 23.9 Å². The van der Waals surface area contributed by atoms with Gasteiger partial charge in [-0.3, -0.25) is 9.36 Å². The van der Waals surface area contributed by atoms with Crippen molar-refractivity contribution in [3.8, 4) is 28.6 Å². The first-order valence-electron chi connectivity index (χ1n) is 10.8. The average molecular weight is 488 g/mol. The standard InChI is InChI=1S/C26H25N5O3S/c1-18-8-7-9-19(14-18)16-27-28-24(32)17-35-26-30-29-25(31(26)21-10-5-4-6-11-21)20-12-13-22(33-2)23(15-20)34-3/h4-16H,17H2,1-3H3,(H,28,32). The van der Waals surface area contributed by atoms with Gasteiger partial charge in [0, 0.05) is 11.3 Å². The molecule has 0 radical (unpaired) electrons. The Morgan fingerprint density at radius 2 is 1.80 bits per heavy atom. The SMILES string of the molecule is COc1ccc(-c2nnc(SCC(=O)NN=Cc3cccc(C)c3)n2-c2ccccc2)cc1OC. The second-order valence-electron chi connectivity index (χ2n) is 7.54. The molecule has 4 aromatic rings. The van der Waals surface area contributed by atoms with Gasteiger partial charge in [-0.15, -0.1) is 10.2 Å². The number of para-hydroxylation sites is 1. The molecule has 9 heteroatoms. The number of rotatable bonds is 9. The van der Waals surface area contributed by atoms with Crippen molar-refractivity contribution < 1.29 is 14.3 Å². The third kappa shape index (κ3) is 5.88. The van der Waals surface area contributed by atoms with Crippen molar-refractivity contribution in [2.45, 2.75) is 12.1 Å². The zero-order valence-corrected chi connectivity index (χ0v) is 20.5. The number of hydrazone groups is 1. The molecule has 0 unspecified atom stereocenters. The molecule has 0 atom stereocenters. The fourth-order valence-electron chi connectivity index (χ4n) is 3.43. The molecule has 0 spiro atoms. The van der Waals surface area contributed by atoms with Crippen LogP contribution in [0.3, 0.4) is 0 Å². The van der Waals surface area contributed by atoms with Crippen LogP contribution in [0.25, 0.3) is 17.1 Å². The lowest BCUT2D eigenvalue weighted by molar-refractivity contribution is -0.118. The normalized spacial score (nSPS) is 10.9. The maximum absolute atomic E-state index is 12.4. The highest BCUT2D eigenvalue weighted by Gasteiger charge is 2.18. The molecular formula is C26H25N5O3S. The third-order valence-electron chi connectivity index (χ3n) is 5.07. The largest absolute Gasteiger partial charge is 0.493 e. The molecule has 178 valence electrons. The van der Waals surface area contributed by atoms with E-state index >= 15 is 0 Å². The Hall–Kier alpha value is -4.11. The van der Waals surface area contributed by atoms with E-state index in [4.69, 9.17) is 9.47 Å². The van der Waals surface area contributed by atoms with Gasteiger partial charge in [-0.2, -0.15) is 5.10 Å². The van der Waals surface area contributed by atoms with Crippen LogP contribution in [0, 0.1) is 6.92 Å². The molecule has 0 aliphatic heterocycles. The lowest BCUT2D eigenvalue weighted by Gasteiger charge is -2.12. The number of aryl methyl sites for hydroxylation is 1. The highest BCUT2D eigenvalue weighted by atomic mass is 32.2. The Bertz CT molecular complexity index is 1340. The molecule has 1 heterocycles. The average Bonchev–Trinajstić information content (AvgIpc) is 3.31. The van der Waals surface area contributed by atoms with Crippen LogP contribution in [0.2, 0.25) is 0 Å². The summed E-state index contributed by atoms with van der Waals surface area (Å²) in [7, 11) is 3.18. The van der Waals surface area contributed by atoms with E-state index in [1.165, 1.54) is 11.8 Å². The van der Waals surface area contributed by atoms with Gasteiger partial charge in [0.2, 0.25) is 0 Å². The van der Waals surface area contributed by atoms with Crippen LogP contribution in [0.4, 0.5) is 0 Å². The zero-order chi connectivity index (χ0) is 24.6. The topological polar surface area (TPSA) is 90.6 Å². The first kappa shape index (κ1) is 24.0. The molecular weight excluding hydrogens is 462 g/mol. The predicted molar refractivity (Wildman–Crippen MR) is 138 cm³/mol. The predicted octanol–water partition coefficient (Wildman–Crippen LogP) is 4.50. The summed E-state index contributed by atoms with van der Waals surface area (Å²) < 4.78 is 12.7. The summed E-state index contributed by atoms with van der Waals surface area (Å²) in [4.78, 5) is 12.4. The fourth-order valence-corrected chi connectivity index (χ4v) is 4.17. The van der Waals surface area contributed by atoms with Crippen molar-refractivity contribution in [3.05, 3.63) is 83.9 Å². The van der Waals surface area contributed by atoms with Gasteiger partial charge < -0.3 is 9.47 Å². The van der Waals surface area contributed by atoms with E-state index in [1.54, 1.807) is 20.4 Å². The molecule has 1 N–H and O–H groups in total. The van der Waals surface area contributed by atoms with Crippen LogP contribution in [-0.4, -0.2) is 46.9 Å². The number of ether oxygens (including phenoxy) is 2. The van der Waals surface area contributed by atoms with Crippen LogP contribution in [0.5, 0.6) is 11.5 Å². The molecule has 1 amide bonds. The van der Waals surface area contributed by atoms with E-state index in [9.17, 15) is 4.79 Å². The number of thioether (sulfide) groups is 1. The van der Waals surface area contributed by atoms with Crippen LogP contribution in [0.1, 0.15) is 11.1 Å². The van der Waals surface area contributed by atoms with E-state index in [0.29, 0.717) is 22.5 Å². The van der Waals surface area contributed by atoms with Crippen molar-refractivity contribution in [2.75, 3.05) is 20.0 Å². The minimum Gasteiger partial charge on any atom is -0.493 e. The van der Waals surface area contributed by atoms with Gasteiger partial charge in [-0.05, 0) is 42.8 Å². The second kappa shape index (κ2) is 11.3. The monoisotopic (exact) mass is 487 g/mol. The maximum Gasteiger partial charge on any atom is 0.250 e. The maximum atomic E-state index is 12.4. The number of benzene rings is 3. The Kier molecular flexibility index (Phi) is 7.79. The van der Waals surface area contributed by atoms with Gasteiger partial charge in [0.25, 0.3) is 5.91 Å². The first-order chi connectivity index (χ1) is 17.1. The third-order valence-corrected chi connectivity index (χ3v) is 6.00. The summed E-state index contributed by atoms with van der Waals surface area (Å²) in [5.41, 5.74) is 6.29. The lowest BCUT2D eigenvalue weighted by Crippen LogP contribution is -2.20. The summed E-state index contributed by atoms with van der Waals surface area (Å²) in [6.45, 7) is 2.01. The van der Waals surface area contributed by atoms with Crippen LogP contribution >= 0.6 is 11.8 Å². The smallest absolute Gasteiger partial charge is 0.250 e. The molecule has 0 aliphatic rings. The van der Waals surface area contributed by atoms with E-state index in [2.05, 4.69) is 20.7 Å². The summed E-state index contributed by atoms with van der Waals surface area (Å²) in [5, 5.41) is 13.4.